The van der Waals surface area contributed by atoms with E-state index in [1.807, 2.05) is 18.2 Å². The maximum Gasteiger partial charge on any atom is 0.0254 e. The Bertz CT molecular complexity index is 253. The third-order valence-corrected chi connectivity index (χ3v) is 2.30. The van der Waals surface area contributed by atoms with Gasteiger partial charge in [0.15, 0.2) is 0 Å². The second kappa shape index (κ2) is 3.35. The van der Waals surface area contributed by atoms with Gasteiger partial charge in [-0.05, 0) is 29.8 Å². The van der Waals surface area contributed by atoms with Gasteiger partial charge in [0.05, 0.1) is 0 Å². The van der Waals surface area contributed by atoms with Gasteiger partial charge in [0.25, 0.3) is 0 Å². The van der Waals surface area contributed by atoms with E-state index in [0.717, 1.165) is 14.5 Å². The van der Waals surface area contributed by atoms with E-state index in [1.165, 1.54) is 0 Å². The van der Waals surface area contributed by atoms with E-state index >= 15 is 0 Å². The minimum Gasteiger partial charge on any atom is -0.0905 e. The predicted molar refractivity (Wildman–Crippen MR) is 49.8 cm³/mol. The van der Waals surface area contributed by atoms with Crippen LogP contribution < -0.4 is 0 Å². The summed E-state index contributed by atoms with van der Waals surface area (Å²) < 4.78 is 2.06. The molecule has 0 atom stereocenters. The second-order valence-corrected chi connectivity index (χ2v) is 3.57. The van der Waals surface area contributed by atoms with E-state index in [-0.39, 0.29) is 0 Å². The van der Waals surface area contributed by atoms with Gasteiger partial charge in [0, 0.05) is 8.95 Å². The SMILES string of the molecule is C=[C]c1cc(Br)ccc1Br. The maximum atomic E-state index is 3.56. The molecule has 1 aromatic carbocycles. The average Bonchev–Trinajstić information content (AvgIpc) is 1.94. The van der Waals surface area contributed by atoms with Gasteiger partial charge in [0.2, 0.25) is 0 Å². The van der Waals surface area contributed by atoms with Gasteiger partial charge in [-0.1, -0.05) is 38.4 Å². The maximum absolute atomic E-state index is 3.56. The highest BCUT2D eigenvalue weighted by Gasteiger charge is 1.94. The molecule has 0 heterocycles. The molecular formula is C8H5Br2. The van der Waals surface area contributed by atoms with Crippen LogP contribution >= 0.6 is 31.9 Å². The lowest BCUT2D eigenvalue weighted by Crippen LogP contribution is -1.75. The molecular weight excluding hydrogens is 256 g/mol. The van der Waals surface area contributed by atoms with Crippen molar-refractivity contribution < 1.29 is 0 Å². The van der Waals surface area contributed by atoms with Crippen molar-refractivity contribution >= 4 is 31.9 Å². The van der Waals surface area contributed by atoms with Gasteiger partial charge in [0.1, 0.15) is 0 Å². The standard InChI is InChI=1S/C8H5Br2/c1-2-6-5-7(9)3-4-8(6)10/h3-5H,1H2. The first-order valence-corrected chi connectivity index (χ1v) is 4.31. The number of hydrogen-bond donors (Lipinski definition) is 0. The molecule has 2 heteroatoms. The number of hydrogen-bond acceptors (Lipinski definition) is 0. The lowest BCUT2D eigenvalue weighted by atomic mass is 10.2. The monoisotopic (exact) mass is 259 g/mol. The number of halogens is 2. The van der Waals surface area contributed by atoms with Crippen molar-refractivity contribution in [2.24, 2.45) is 0 Å². The zero-order valence-electron chi connectivity index (χ0n) is 5.20. The number of rotatable bonds is 1. The van der Waals surface area contributed by atoms with E-state index in [0.29, 0.717) is 0 Å². The minimum atomic E-state index is 0.981. The van der Waals surface area contributed by atoms with Crippen LogP contribution in [-0.4, -0.2) is 0 Å². The van der Waals surface area contributed by atoms with Crippen molar-refractivity contribution in [1.29, 1.82) is 0 Å². The molecule has 0 aliphatic carbocycles. The summed E-state index contributed by atoms with van der Waals surface area (Å²) >= 11 is 6.72. The van der Waals surface area contributed by atoms with Crippen LogP contribution in [0.15, 0.2) is 33.7 Å². The Morgan fingerprint density at radius 3 is 2.50 bits per heavy atom. The Kier molecular flexibility index (Phi) is 2.69. The first-order chi connectivity index (χ1) is 4.74. The largest absolute Gasteiger partial charge is 0.0905 e. The summed E-state index contributed by atoms with van der Waals surface area (Å²) in [4.78, 5) is 0. The molecule has 0 saturated heterocycles. The van der Waals surface area contributed by atoms with Crippen molar-refractivity contribution in [3.63, 3.8) is 0 Å². The highest BCUT2D eigenvalue weighted by molar-refractivity contribution is 9.11. The molecule has 0 unspecified atom stereocenters. The van der Waals surface area contributed by atoms with Gasteiger partial charge in [-0.15, -0.1) is 0 Å². The molecule has 0 amide bonds. The Labute approximate surface area is 77.2 Å². The van der Waals surface area contributed by atoms with Gasteiger partial charge in [-0.2, -0.15) is 0 Å². The number of benzene rings is 1. The van der Waals surface area contributed by atoms with E-state index in [4.69, 9.17) is 0 Å². The third kappa shape index (κ3) is 1.70. The van der Waals surface area contributed by atoms with Crippen molar-refractivity contribution in [2.45, 2.75) is 0 Å². The van der Waals surface area contributed by atoms with Crippen LogP contribution in [0.1, 0.15) is 5.56 Å². The lowest BCUT2D eigenvalue weighted by Gasteiger charge is -1.96. The zero-order valence-corrected chi connectivity index (χ0v) is 8.37. The molecule has 0 N–H and O–H groups in total. The minimum absolute atomic E-state index is 0.981. The normalized spacial score (nSPS) is 9.40. The predicted octanol–water partition coefficient (Wildman–Crippen LogP) is 3.55. The molecule has 0 fully saturated rings. The van der Waals surface area contributed by atoms with Crippen LogP contribution in [0.4, 0.5) is 0 Å². The Morgan fingerprint density at radius 2 is 2.00 bits per heavy atom. The first-order valence-electron chi connectivity index (χ1n) is 2.72. The first kappa shape index (κ1) is 8.02. The Hall–Kier alpha value is -0.0800. The lowest BCUT2D eigenvalue weighted by molar-refractivity contribution is 1.50. The van der Waals surface area contributed by atoms with E-state index in [1.54, 1.807) is 0 Å². The van der Waals surface area contributed by atoms with Crippen LogP contribution in [0.3, 0.4) is 0 Å². The molecule has 0 bridgehead atoms. The highest BCUT2D eigenvalue weighted by Crippen LogP contribution is 2.20. The summed E-state index contributed by atoms with van der Waals surface area (Å²) in [5.74, 6) is 0. The van der Waals surface area contributed by atoms with Crippen LogP contribution in [0, 0.1) is 6.08 Å². The summed E-state index contributed by atoms with van der Waals surface area (Å²) in [6.45, 7) is 3.56. The molecule has 0 aromatic heterocycles. The quantitative estimate of drug-likeness (QED) is 0.725. The van der Waals surface area contributed by atoms with E-state index in [2.05, 4.69) is 44.5 Å². The smallest absolute Gasteiger partial charge is 0.0254 e. The average molecular weight is 261 g/mol. The molecule has 0 saturated carbocycles. The topological polar surface area (TPSA) is 0 Å². The summed E-state index contributed by atoms with van der Waals surface area (Å²) in [5, 5.41) is 0. The molecule has 0 nitrogen and oxygen atoms in total. The van der Waals surface area contributed by atoms with Gasteiger partial charge in [-0.3, -0.25) is 0 Å². The molecule has 10 heavy (non-hydrogen) atoms. The van der Waals surface area contributed by atoms with Crippen LogP contribution in [0.5, 0.6) is 0 Å². The summed E-state index contributed by atoms with van der Waals surface area (Å²) in [6, 6.07) is 5.87. The molecule has 0 aliphatic heterocycles. The molecule has 1 radical (unpaired) electrons. The Morgan fingerprint density at radius 1 is 1.30 bits per heavy atom. The summed E-state index contributed by atoms with van der Waals surface area (Å²) in [6.07, 6.45) is 2.81. The fraction of sp³-hybridized carbons (Fsp3) is 0. The van der Waals surface area contributed by atoms with Crippen LogP contribution in [0.25, 0.3) is 0 Å². The fourth-order valence-electron chi connectivity index (χ4n) is 0.633. The highest BCUT2D eigenvalue weighted by atomic mass is 79.9. The van der Waals surface area contributed by atoms with E-state index in [9.17, 15) is 0 Å². The van der Waals surface area contributed by atoms with E-state index < -0.39 is 0 Å². The second-order valence-electron chi connectivity index (χ2n) is 1.80. The van der Waals surface area contributed by atoms with Gasteiger partial charge < -0.3 is 0 Å². The molecule has 1 aromatic rings. The molecule has 0 spiro atoms. The molecule has 0 aliphatic rings. The zero-order chi connectivity index (χ0) is 7.56. The van der Waals surface area contributed by atoms with Crippen LogP contribution in [0.2, 0.25) is 0 Å². The molecule has 1 rings (SSSR count). The van der Waals surface area contributed by atoms with Gasteiger partial charge >= 0.3 is 0 Å². The Balaban J connectivity index is 3.21. The van der Waals surface area contributed by atoms with Crippen molar-refractivity contribution in [2.75, 3.05) is 0 Å². The van der Waals surface area contributed by atoms with Crippen molar-refractivity contribution in [3.8, 4) is 0 Å². The third-order valence-electron chi connectivity index (χ3n) is 1.12. The summed E-state index contributed by atoms with van der Waals surface area (Å²) in [7, 11) is 0. The summed E-state index contributed by atoms with van der Waals surface area (Å²) in [5.41, 5.74) is 0.981. The van der Waals surface area contributed by atoms with Gasteiger partial charge in [-0.25, -0.2) is 0 Å². The molecule has 51 valence electrons. The van der Waals surface area contributed by atoms with Crippen molar-refractivity contribution in [1.82, 2.24) is 0 Å². The van der Waals surface area contributed by atoms with Crippen molar-refractivity contribution in [3.05, 3.63) is 45.4 Å². The van der Waals surface area contributed by atoms with Crippen LogP contribution in [-0.2, 0) is 0 Å². The fourth-order valence-corrected chi connectivity index (χ4v) is 1.38.